The largest absolute Gasteiger partial charge is 0.465 e. The van der Waals surface area contributed by atoms with Crippen LogP contribution in [-0.4, -0.2) is 31.8 Å². The van der Waals surface area contributed by atoms with E-state index < -0.39 is 17.9 Å². The molecule has 5 heteroatoms. The summed E-state index contributed by atoms with van der Waals surface area (Å²) >= 11 is 0. The molecule has 0 saturated heterocycles. The van der Waals surface area contributed by atoms with Gasteiger partial charge >= 0.3 is 11.9 Å². The second kappa shape index (κ2) is 9.94. The summed E-state index contributed by atoms with van der Waals surface area (Å²) in [6.07, 6.45) is 0.364. The van der Waals surface area contributed by atoms with Gasteiger partial charge in [0.05, 0.1) is 19.8 Å². The van der Waals surface area contributed by atoms with Crippen molar-refractivity contribution in [3.63, 3.8) is 0 Å². The molecule has 0 bridgehead atoms. The van der Waals surface area contributed by atoms with Gasteiger partial charge in [0.15, 0.2) is 5.92 Å². The van der Waals surface area contributed by atoms with E-state index in [1.807, 2.05) is 30.3 Å². The smallest absolute Gasteiger partial charge is 0.320 e. The third-order valence-corrected chi connectivity index (χ3v) is 2.85. The van der Waals surface area contributed by atoms with Gasteiger partial charge in [0, 0.05) is 0 Å². The summed E-state index contributed by atoms with van der Waals surface area (Å²) in [4.78, 5) is 23.3. The molecule has 0 aliphatic rings. The fourth-order valence-electron chi connectivity index (χ4n) is 1.74. The molecule has 116 valence electrons. The zero-order valence-corrected chi connectivity index (χ0v) is 12.5. The predicted molar refractivity (Wildman–Crippen MR) is 77.5 cm³/mol. The van der Waals surface area contributed by atoms with Gasteiger partial charge in [-0.1, -0.05) is 37.3 Å². The number of carbonyl (C=O) groups is 2. The van der Waals surface area contributed by atoms with E-state index >= 15 is 0 Å². The van der Waals surface area contributed by atoms with E-state index in [1.165, 1.54) is 0 Å². The van der Waals surface area contributed by atoms with Crippen LogP contribution in [0.25, 0.3) is 0 Å². The molecule has 1 aromatic carbocycles. The molecule has 21 heavy (non-hydrogen) atoms. The van der Waals surface area contributed by atoms with Crippen LogP contribution in [0.15, 0.2) is 30.3 Å². The Morgan fingerprint density at radius 3 is 2.29 bits per heavy atom. The summed E-state index contributed by atoms with van der Waals surface area (Å²) in [5.74, 6) is -1.94. The van der Waals surface area contributed by atoms with E-state index in [9.17, 15) is 9.59 Å². The molecule has 1 rings (SSSR count). The van der Waals surface area contributed by atoms with Crippen molar-refractivity contribution in [3.8, 4) is 0 Å². The van der Waals surface area contributed by atoms with Gasteiger partial charge in [-0.2, -0.15) is 0 Å². The first-order valence-corrected chi connectivity index (χ1v) is 7.14. The lowest BCUT2D eigenvalue weighted by atomic mass is 10.1. The first kappa shape index (κ1) is 17.2. The average molecular weight is 294 g/mol. The molecule has 0 fully saturated rings. The van der Waals surface area contributed by atoms with E-state index in [0.717, 1.165) is 5.56 Å². The zero-order chi connectivity index (χ0) is 15.5. The Labute approximate surface area is 125 Å². The van der Waals surface area contributed by atoms with Crippen LogP contribution in [0.3, 0.4) is 0 Å². The molecule has 0 heterocycles. The van der Waals surface area contributed by atoms with E-state index in [0.29, 0.717) is 19.6 Å². The Bertz CT molecular complexity index is 430. The van der Waals surface area contributed by atoms with Crippen LogP contribution in [0.2, 0.25) is 0 Å². The highest BCUT2D eigenvalue weighted by Gasteiger charge is 2.27. The molecule has 0 amide bonds. The fraction of sp³-hybridized carbons (Fsp3) is 0.500. The van der Waals surface area contributed by atoms with Crippen LogP contribution < -0.4 is 0 Å². The molecule has 0 saturated carbocycles. The van der Waals surface area contributed by atoms with Crippen molar-refractivity contribution < 1.29 is 23.8 Å². The van der Waals surface area contributed by atoms with E-state index in [1.54, 1.807) is 13.8 Å². The number of ether oxygens (including phenoxy) is 3. The summed E-state index contributed by atoms with van der Waals surface area (Å²) < 4.78 is 15.3. The number of carbonyl (C=O) groups excluding carboxylic acids is 2. The maximum Gasteiger partial charge on any atom is 0.320 e. The van der Waals surface area contributed by atoms with Crippen LogP contribution in [0.5, 0.6) is 0 Å². The minimum absolute atomic E-state index is 0.127. The van der Waals surface area contributed by atoms with Crippen molar-refractivity contribution in [1.29, 1.82) is 0 Å². The Kier molecular flexibility index (Phi) is 8.12. The van der Waals surface area contributed by atoms with Gasteiger partial charge in [0.25, 0.3) is 0 Å². The highest BCUT2D eigenvalue weighted by molar-refractivity contribution is 5.94. The molecule has 1 unspecified atom stereocenters. The molecule has 0 radical (unpaired) electrons. The van der Waals surface area contributed by atoms with Crippen molar-refractivity contribution >= 4 is 11.9 Å². The third kappa shape index (κ3) is 6.40. The summed E-state index contributed by atoms with van der Waals surface area (Å²) in [7, 11) is 0. The predicted octanol–water partition coefficient (Wildman–Crippen LogP) is 2.34. The van der Waals surface area contributed by atoms with Crippen molar-refractivity contribution in [2.75, 3.05) is 19.8 Å². The minimum Gasteiger partial charge on any atom is -0.465 e. The van der Waals surface area contributed by atoms with Gasteiger partial charge in [-0.05, 0) is 18.9 Å². The quantitative estimate of drug-likeness (QED) is 0.397. The van der Waals surface area contributed by atoms with E-state index in [2.05, 4.69) is 0 Å². The van der Waals surface area contributed by atoms with E-state index in [-0.39, 0.29) is 13.2 Å². The molecule has 0 aromatic heterocycles. The second-order valence-corrected chi connectivity index (χ2v) is 4.42. The summed E-state index contributed by atoms with van der Waals surface area (Å²) in [5, 5.41) is 0. The zero-order valence-electron chi connectivity index (χ0n) is 12.5. The van der Waals surface area contributed by atoms with Gasteiger partial charge in [-0.25, -0.2) is 0 Å². The van der Waals surface area contributed by atoms with Crippen molar-refractivity contribution in [3.05, 3.63) is 35.9 Å². The Morgan fingerprint density at radius 1 is 1.00 bits per heavy atom. The molecule has 0 N–H and O–H groups in total. The lowest BCUT2D eigenvalue weighted by Gasteiger charge is -2.13. The van der Waals surface area contributed by atoms with Gasteiger partial charge in [0.1, 0.15) is 6.61 Å². The van der Waals surface area contributed by atoms with Gasteiger partial charge < -0.3 is 14.2 Å². The topological polar surface area (TPSA) is 61.8 Å². The second-order valence-electron chi connectivity index (χ2n) is 4.42. The number of benzene rings is 1. The maximum absolute atomic E-state index is 11.7. The number of hydrogen-bond acceptors (Lipinski definition) is 5. The SMILES string of the molecule is CCOC(=O)C(CC)C(=O)OCCOCc1ccccc1. The van der Waals surface area contributed by atoms with E-state index in [4.69, 9.17) is 14.2 Å². The number of esters is 2. The molecule has 0 aliphatic carbocycles. The number of hydrogen-bond donors (Lipinski definition) is 0. The molecule has 1 aromatic rings. The first-order chi connectivity index (χ1) is 10.2. The Hall–Kier alpha value is -1.88. The maximum atomic E-state index is 11.7. The van der Waals surface area contributed by atoms with Crippen molar-refractivity contribution in [1.82, 2.24) is 0 Å². The van der Waals surface area contributed by atoms with Crippen molar-refractivity contribution in [2.45, 2.75) is 26.9 Å². The van der Waals surface area contributed by atoms with Crippen LogP contribution in [-0.2, 0) is 30.4 Å². The summed E-state index contributed by atoms with van der Waals surface area (Å²) in [6, 6.07) is 9.72. The lowest BCUT2D eigenvalue weighted by molar-refractivity contribution is -0.162. The van der Waals surface area contributed by atoms with Gasteiger partial charge in [-0.3, -0.25) is 9.59 Å². The van der Waals surface area contributed by atoms with Crippen LogP contribution in [0, 0.1) is 5.92 Å². The molecular formula is C16H22O5. The lowest BCUT2D eigenvalue weighted by Crippen LogP contribution is -2.28. The third-order valence-electron chi connectivity index (χ3n) is 2.85. The Balaban J connectivity index is 2.21. The van der Waals surface area contributed by atoms with Crippen LogP contribution >= 0.6 is 0 Å². The first-order valence-electron chi connectivity index (χ1n) is 7.14. The van der Waals surface area contributed by atoms with Crippen LogP contribution in [0.1, 0.15) is 25.8 Å². The van der Waals surface area contributed by atoms with Crippen LogP contribution in [0.4, 0.5) is 0 Å². The average Bonchev–Trinajstić information content (AvgIpc) is 2.49. The molecule has 5 nitrogen and oxygen atoms in total. The monoisotopic (exact) mass is 294 g/mol. The van der Waals surface area contributed by atoms with Crippen molar-refractivity contribution in [2.24, 2.45) is 5.92 Å². The number of rotatable bonds is 9. The molecule has 1 atom stereocenters. The fourth-order valence-corrected chi connectivity index (χ4v) is 1.74. The van der Waals surface area contributed by atoms with Gasteiger partial charge in [-0.15, -0.1) is 0 Å². The standard InChI is InChI=1S/C16H22O5/c1-3-14(15(17)20-4-2)16(18)21-11-10-19-12-13-8-6-5-7-9-13/h5-9,14H,3-4,10-12H2,1-2H3. The Morgan fingerprint density at radius 2 is 1.67 bits per heavy atom. The van der Waals surface area contributed by atoms with Gasteiger partial charge in [0.2, 0.25) is 0 Å². The molecule has 0 aliphatic heterocycles. The highest BCUT2D eigenvalue weighted by Crippen LogP contribution is 2.08. The molecule has 0 spiro atoms. The highest BCUT2D eigenvalue weighted by atomic mass is 16.6. The minimum atomic E-state index is -0.848. The molecular weight excluding hydrogens is 272 g/mol. The summed E-state index contributed by atoms with van der Waals surface area (Å²) in [6.45, 7) is 4.58. The summed E-state index contributed by atoms with van der Waals surface area (Å²) in [5.41, 5.74) is 1.06. The normalized spacial score (nSPS) is 11.7.